The normalized spacial score (nSPS) is 10.6. The van der Waals surface area contributed by atoms with Gasteiger partial charge in [-0.1, -0.05) is 0 Å². The Morgan fingerprint density at radius 1 is 1.05 bits per heavy atom. The van der Waals surface area contributed by atoms with Crippen LogP contribution in [-0.2, 0) is 0 Å². The first-order valence-corrected chi connectivity index (χ1v) is 6.30. The zero-order chi connectivity index (χ0) is 14.8. The third-order valence-corrected chi connectivity index (χ3v) is 2.95. The number of pyridine rings is 1. The molecule has 3 aromatic heterocycles. The highest BCUT2D eigenvalue weighted by atomic mass is 19.1. The zero-order valence-electron chi connectivity index (χ0n) is 11.6. The van der Waals surface area contributed by atoms with Gasteiger partial charge in [-0.2, -0.15) is 9.49 Å². The summed E-state index contributed by atoms with van der Waals surface area (Å²) >= 11 is 0. The van der Waals surface area contributed by atoms with Crippen molar-refractivity contribution in [3.05, 3.63) is 42.7 Å². The standard InChI is InChI=1S/C14H13FN6/c1-21(2)14-17-7-10(8-18-14)12-6-11(19-20-12)9-3-4-16-13(15)5-9/h3-8H,1-2H3,(H,19,20). The van der Waals surface area contributed by atoms with Gasteiger partial charge >= 0.3 is 0 Å². The first kappa shape index (κ1) is 13.2. The van der Waals surface area contributed by atoms with Gasteiger partial charge in [-0.05, 0) is 12.1 Å². The van der Waals surface area contributed by atoms with Crippen LogP contribution >= 0.6 is 0 Å². The van der Waals surface area contributed by atoms with E-state index in [1.165, 1.54) is 12.3 Å². The SMILES string of the molecule is CN(C)c1ncc(-c2cc(-c3ccnc(F)c3)[nH]n2)cn1. The van der Waals surface area contributed by atoms with E-state index < -0.39 is 5.95 Å². The minimum absolute atomic E-state index is 0.526. The molecule has 1 N–H and O–H groups in total. The molecule has 0 bridgehead atoms. The molecule has 0 aliphatic carbocycles. The van der Waals surface area contributed by atoms with Gasteiger partial charge in [0.15, 0.2) is 0 Å². The molecule has 7 heteroatoms. The Kier molecular flexibility index (Phi) is 3.31. The van der Waals surface area contributed by atoms with Crippen LogP contribution in [0.3, 0.4) is 0 Å². The molecule has 3 rings (SSSR count). The maximum Gasteiger partial charge on any atom is 0.224 e. The Balaban J connectivity index is 1.91. The number of hydrogen-bond acceptors (Lipinski definition) is 5. The Morgan fingerprint density at radius 2 is 1.81 bits per heavy atom. The van der Waals surface area contributed by atoms with Crippen molar-refractivity contribution in [2.45, 2.75) is 0 Å². The molecule has 0 unspecified atom stereocenters. The molecule has 0 radical (unpaired) electrons. The Morgan fingerprint density at radius 3 is 2.48 bits per heavy atom. The maximum atomic E-state index is 13.1. The Bertz CT molecular complexity index is 750. The molecule has 0 fully saturated rings. The average molecular weight is 284 g/mol. The number of aromatic nitrogens is 5. The number of anilines is 1. The van der Waals surface area contributed by atoms with Crippen molar-refractivity contribution in [1.29, 1.82) is 0 Å². The van der Waals surface area contributed by atoms with E-state index >= 15 is 0 Å². The fraction of sp³-hybridized carbons (Fsp3) is 0.143. The summed E-state index contributed by atoms with van der Waals surface area (Å²) in [6, 6.07) is 4.89. The third kappa shape index (κ3) is 2.71. The van der Waals surface area contributed by atoms with Crippen molar-refractivity contribution < 1.29 is 4.39 Å². The summed E-state index contributed by atoms with van der Waals surface area (Å²) in [6.45, 7) is 0. The van der Waals surface area contributed by atoms with Crippen molar-refractivity contribution in [3.63, 3.8) is 0 Å². The van der Waals surface area contributed by atoms with Crippen LogP contribution in [0.15, 0.2) is 36.8 Å². The van der Waals surface area contributed by atoms with Crippen LogP contribution in [0.1, 0.15) is 0 Å². The average Bonchev–Trinajstić information content (AvgIpc) is 2.97. The zero-order valence-corrected chi connectivity index (χ0v) is 11.6. The van der Waals surface area contributed by atoms with Crippen LogP contribution in [-0.4, -0.2) is 39.2 Å². The van der Waals surface area contributed by atoms with Crippen molar-refractivity contribution in [2.24, 2.45) is 0 Å². The summed E-state index contributed by atoms with van der Waals surface area (Å²) in [5, 5.41) is 7.08. The number of H-pyrrole nitrogens is 1. The molecule has 0 saturated carbocycles. The minimum Gasteiger partial charge on any atom is -0.347 e. The van der Waals surface area contributed by atoms with E-state index in [1.807, 2.05) is 25.1 Å². The summed E-state index contributed by atoms with van der Waals surface area (Å²) in [4.78, 5) is 13.8. The lowest BCUT2D eigenvalue weighted by Gasteiger charge is -2.08. The Hall–Kier alpha value is -2.83. The van der Waals surface area contributed by atoms with Crippen LogP contribution in [0, 0.1) is 5.95 Å². The molecule has 0 spiro atoms. The molecule has 106 valence electrons. The predicted octanol–water partition coefficient (Wildman–Crippen LogP) is 2.13. The van der Waals surface area contributed by atoms with Gasteiger partial charge in [0.05, 0.1) is 11.4 Å². The van der Waals surface area contributed by atoms with Gasteiger partial charge in [-0.25, -0.2) is 15.0 Å². The lowest BCUT2D eigenvalue weighted by atomic mass is 10.1. The number of hydrogen-bond donors (Lipinski definition) is 1. The van der Waals surface area contributed by atoms with E-state index in [9.17, 15) is 4.39 Å². The van der Waals surface area contributed by atoms with E-state index in [2.05, 4.69) is 25.1 Å². The minimum atomic E-state index is -0.526. The first-order chi connectivity index (χ1) is 10.1. The second-order valence-electron chi connectivity index (χ2n) is 4.70. The van der Waals surface area contributed by atoms with Gasteiger partial charge in [-0.3, -0.25) is 5.10 Å². The van der Waals surface area contributed by atoms with Gasteiger partial charge < -0.3 is 4.90 Å². The van der Waals surface area contributed by atoms with E-state index in [1.54, 1.807) is 18.5 Å². The molecule has 0 saturated heterocycles. The lowest BCUT2D eigenvalue weighted by molar-refractivity contribution is 0.584. The molecular weight excluding hydrogens is 271 g/mol. The topological polar surface area (TPSA) is 70.6 Å². The number of nitrogens with one attached hydrogen (secondary N) is 1. The fourth-order valence-electron chi connectivity index (χ4n) is 1.87. The van der Waals surface area contributed by atoms with Gasteiger partial charge in [-0.15, -0.1) is 0 Å². The summed E-state index contributed by atoms with van der Waals surface area (Å²) in [7, 11) is 3.75. The van der Waals surface area contributed by atoms with E-state index in [4.69, 9.17) is 0 Å². The second-order valence-corrected chi connectivity index (χ2v) is 4.70. The third-order valence-electron chi connectivity index (χ3n) is 2.95. The van der Waals surface area contributed by atoms with E-state index in [-0.39, 0.29) is 0 Å². The van der Waals surface area contributed by atoms with Crippen LogP contribution in [0.2, 0.25) is 0 Å². The Labute approximate surface area is 120 Å². The number of halogens is 1. The molecule has 6 nitrogen and oxygen atoms in total. The lowest BCUT2D eigenvalue weighted by Crippen LogP contribution is -2.12. The van der Waals surface area contributed by atoms with Crippen molar-refractivity contribution in [2.75, 3.05) is 19.0 Å². The van der Waals surface area contributed by atoms with Crippen LogP contribution < -0.4 is 4.90 Å². The van der Waals surface area contributed by atoms with Crippen LogP contribution in [0.25, 0.3) is 22.5 Å². The highest BCUT2D eigenvalue weighted by Crippen LogP contribution is 2.23. The van der Waals surface area contributed by atoms with Gasteiger partial charge in [0, 0.05) is 49.9 Å². The van der Waals surface area contributed by atoms with Crippen LogP contribution in [0.4, 0.5) is 10.3 Å². The van der Waals surface area contributed by atoms with E-state index in [0.29, 0.717) is 22.9 Å². The summed E-state index contributed by atoms with van der Waals surface area (Å²) in [5.41, 5.74) is 2.89. The predicted molar refractivity (Wildman–Crippen MR) is 77.1 cm³/mol. The van der Waals surface area contributed by atoms with Crippen molar-refractivity contribution >= 4 is 5.95 Å². The number of aromatic amines is 1. The number of rotatable bonds is 3. The molecular formula is C14H13FN6. The summed E-state index contributed by atoms with van der Waals surface area (Å²) in [5.74, 6) is 0.105. The van der Waals surface area contributed by atoms with Crippen LogP contribution in [0.5, 0.6) is 0 Å². The molecule has 3 heterocycles. The summed E-state index contributed by atoms with van der Waals surface area (Å²) in [6.07, 6.45) is 4.82. The second kappa shape index (κ2) is 5.28. The molecule has 21 heavy (non-hydrogen) atoms. The molecule has 0 aromatic carbocycles. The van der Waals surface area contributed by atoms with Crippen molar-refractivity contribution in [3.8, 4) is 22.5 Å². The molecule has 0 aliphatic heterocycles. The largest absolute Gasteiger partial charge is 0.347 e. The fourth-order valence-corrected chi connectivity index (χ4v) is 1.87. The smallest absolute Gasteiger partial charge is 0.224 e. The first-order valence-electron chi connectivity index (χ1n) is 6.30. The van der Waals surface area contributed by atoms with Gasteiger partial charge in [0.2, 0.25) is 11.9 Å². The number of nitrogens with zero attached hydrogens (tertiary/aromatic N) is 5. The molecule has 0 amide bonds. The highest BCUT2D eigenvalue weighted by molar-refractivity contribution is 5.67. The van der Waals surface area contributed by atoms with E-state index in [0.717, 1.165) is 5.56 Å². The highest BCUT2D eigenvalue weighted by Gasteiger charge is 2.08. The molecule has 0 atom stereocenters. The molecule has 3 aromatic rings. The van der Waals surface area contributed by atoms with Gasteiger partial charge in [0.1, 0.15) is 0 Å². The monoisotopic (exact) mass is 284 g/mol. The quantitative estimate of drug-likeness (QED) is 0.746. The van der Waals surface area contributed by atoms with Gasteiger partial charge in [0.25, 0.3) is 0 Å². The molecule has 0 aliphatic rings. The van der Waals surface area contributed by atoms with Crippen molar-refractivity contribution in [1.82, 2.24) is 25.1 Å². The maximum absolute atomic E-state index is 13.1. The summed E-state index contributed by atoms with van der Waals surface area (Å²) < 4.78 is 13.1.